The Morgan fingerprint density at radius 2 is 1.45 bits per heavy atom. The number of rotatable bonds is 7. The van der Waals surface area contributed by atoms with Gasteiger partial charge >= 0.3 is 6.18 Å². The van der Waals surface area contributed by atoms with E-state index in [1.165, 1.54) is 17.0 Å². The molecule has 7 nitrogen and oxygen atoms in total. The molecule has 0 atom stereocenters. The summed E-state index contributed by atoms with van der Waals surface area (Å²) in [5, 5.41) is 0. The number of methoxy groups -OCH3 is 1. The van der Waals surface area contributed by atoms with Crippen molar-refractivity contribution in [3.63, 3.8) is 0 Å². The van der Waals surface area contributed by atoms with Gasteiger partial charge < -0.3 is 9.64 Å². The van der Waals surface area contributed by atoms with Crippen LogP contribution in [0, 0.1) is 0 Å². The predicted molar refractivity (Wildman–Crippen MR) is 147 cm³/mol. The van der Waals surface area contributed by atoms with E-state index in [-0.39, 0.29) is 62.1 Å². The largest absolute Gasteiger partial charge is 0.496 e. The molecule has 0 saturated carbocycles. The smallest absolute Gasteiger partial charge is 0.416 e. The first kappa shape index (κ1) is 33.8. The number of alkyl halides is 3. The quantitative estimate of drug-likeness (QED) is 0.449. The van der Waals surface area contributed by atoms with Gasteiger partial charge in [0, 0.05) is 57.1 Å². The highest BCUT2D eigenvalue weighted by Gasteiger charge is 2.33. The van der Waals surface area contributed by atoms with Gasteiger partial charge in [0.15, 0.2) is 0 Å². The summed E-state index contributed by atoms with van der Waals surface area (Å²) < 4.78 is 44.4. The number of halogens is 6. The van der Waals surface area contributed by atoms with Crippen LogP contribution < -0.4 is 9.64 Å². The van der Waals surface area contributed by atoms with E-state index >= 15 is 0 Å². The van der Waals surface area contributed by atoms with Crippen molar-refractivity contribution in [1.29, 1.82) is 0 Å². The Labute approximate surface area is 239 Å². The molecule has 0 bridgehead atoms. The number of hydrogen-bond acceptors (Lipinski definition) is 6. The van der Waals surface area contributed by atoms with Gasteiger partial charge in [-0.1, -0.05) is 24.3 Å². The zero-order valence-corrected chi connectivity index (χ0v) is 23.3. The number of piperazine rings is 2. The summed E-state index contributed by atoms with van der Waals surface area (Å²) >= 11 is 0. The van der Waals surface area contributed by atoms with Gasteiger partial charge in [-0.15, -0.1) is 37.2 Å². The van der Waals surface area contributed by atoms with Crippen molar-refractivity contribution in [2.75, 3.05) is 64.4 Å². The maximum atomic E-state index is 13.0. The topological polar surface area (TPSA) is 56.3 Å². The summed E-state index contributed by atoms with van der Waals surface area (Å²) in [5.74, 6) is 0.275. The molecule has 38 heavy (non-hydrogen) atoms. The van der Waals surface area contributed by atoms with Crippen LogP contribution in [0.15, 0.2) is 48.5 Å². The molecule has 0 radical (unpaired) electrons. The SMILES string of the molecule is COc1ccccc1CN1CC(=O)N(CCN2CCN(c3cccc(C(F)(F)F)c3)CC2)C(=O)C1.Cl.Cl.Cl. The minimum atomic E-state index is -4.37. The van der Waals surface area contributed by atoms with Gasteiger partial charge in [-0.05, 0) is 24.3 Å². The summed E-state index contributed by atoms with van der Waals surface area (Å²) in [7, 11) is 1.59. The third-order valence-electron chi connectivity index (χ3n) is 6.46. The Hall–Kier alpha value is -2.24. The van der Waals surface area contributed by atoms with E-state index in [2.05, 4.69) is 4.90 Å². The Bertz CT molecular complexity index is 1050. The molecule has 2 heterocycles. The van der Waals surface area contributed by atoms with Crippen molar-refractivity contribution in [1.82, 2.24) is 14.7 Å². The highest BCUT2D eigenvalue weighted by atomic mass is 35.5. The molecule has 212 valence electrons. The van der Waals surface area contributed by atoms with E-state index < -0.39 is 11.7 Å². The van der Waals surface area contributed by atoms with Gasteiger partial charge in [0.05, 0.1) is 25.8 Å². The molecular weight excluding hydrogens is 568 g/mol. The van der Waals surface area contributed by atoms with Crippen LogP contribution in [0.1, 0.15) is 11.1 Å². The van der Waals surface area contributed by atoms with Gasteiger partial charge in [-0.25, -0.2) is 0 Å². The van der Waals surface area contributed by atoms with Gasteiger partial charge in [0.1, 0.15) is 5.75 Å². The summed E-state index contributed by atoms with van der Waals surface area (Å²) in [5.41, 5.74) is 0.818. The third-order valence-corrected chi connectivity index (χ3v) is 6.46. The maximum absolute atomic E-state index is 13.0. The second kappa shape index (κ2) is 14.8. The fourth-order valence-corrected chi connectivity index (χ4v) is 4.53. The fraction of sp³-hybridized carbons (Fsp3) is 0.440. The first-order valence-electron chi connectivity index (χ1n) is 11.6. The molecule has 2 aliphatic heterocycles. The predicted octanol–water partition coefficient (Wildman–Crippen LogP) is 3.97. The van der Waals surface area contributed by atoms with Crippen LogP contribution in [0.25, 0.3) is 0 Å². The van der Waals surface area contributed by atoms with Crippen molar-refractivity contribution < 1.29 is 27.5 Å². The van der Waals surface area contributed by atoms with Crippen LogP contribution in [0.2, 0.25) is 0 Å². The summed E-state index contributed by atoms with van der Waals surface area (Å²) in [6.45, 7) is 4.07. The standard InChI is InChI=1S/C25H29F3N4O3.3ClH/c1-35-22-8-3-2-5-19(22)16-30-17-23(33)32(24(34)18-30)14-11-29-9-12-31(13-10-29)21-7-4-6-20(15-21)25(26,27)28;;;/h2-8,15H,9-14,16-18H2,1H3;3*1H. The number of para-hydroxylation sites is 1. The second-order valence-corrected chi connectivity index (χ2v) is 8.77. The van der Waals surface area contributed by atoms with Crippen LogP contribution in [-0.4, -0.2) is 86.0 Å². The molecule has 0 aromatic heterocycles. The minimum Gasteiger partial charge on any atom is -0.496 e. The molecular formula is C25H32Cl3F3N4O3. The molecule has 4 rings (SSSR count). The lowest BCUT2D eigenvalue weighted by atomic mass is 10.1. The molecule has 2 aromatic carbocycles. The van der Waals surface area contributed by atoms with E-state index in [0.717, 1.165) is 17.4 Å². The lowest BCUT2D eigenvalue weighted by Crippen LogP contribution is -2.56. The highest BCUT2D eigenvalue weighted by Crippen LogP contribution is 2.32. The molecule has 2 saturated heterocycles. The summed E-state index contributed by atoms with van der Waals surface area (Å²) in [6, 6.07) is 12.9. The lowest BCUT2D eigenvalue weighted by Gasteiger charge is -2.38. The number of nitrogens with zero attached hydrogens (tertiary/aromatic N) is 4. The van der Waals surface area contributed by atoms with Crippen LogP contribution >= 0.6 is 37.2 Å². The van der Waals surface area contributed by atoms with E-state index in [9.17, 15) is 22.8 Å². The molecule has 2 amide bonds. The average molecular weight is 600 g/mol. The number of ether oxygens (including phenoxy) is 1. The van der Waals surface area contributed by atoms with E-state index in [1.54, 1.807) is 13.2 Å². The Balaban J connectivity index is 0.00000241. The summed E-state index contributed by atoms with van der Waals surface area (Å²) in [6.07, 6.45) is -4.37. The fourth-order valence-electron chi connectivity index (χ4n) is 4.53. The third kappa shape index (κ3) is 8.38. The molecule has 0 spiro atoms. The van der Waals surface area contributed by atoms with E-state index in [1.807, 2.05) is 34.1 Å². The monoisotopic (exact) mass is 598 g/mol. The molecule has 0 aliphatic carbocycles. The first-order valence-corrected chi connectivity index (χ1v) is 11.6. The minimum absolute atomic E-state index is 0. The second-order valence-electron chi connectivity index (χ2n) is 8.77. The first-order chi connectivity index (χ1) is 16.7. The average Bonchev–Trinajstić information content (AvgIpc) is 2.84. The van der Waals surface area contributed by atoms with Gasteiger partial charge in [0.25, 0.3) is 0 Å². The molecule has 2 aromatic rings. The molecule has 0 unspecified atom stereocenters. The van der Waals surface area contributed by atoms with E-state index in [0.29, 0.717) is 51.5 Å². The van der Waals surface area contributed by atoms with Crippen molar-refractivity contribution >= 4 is 54.7 Å². The summed E-state index contributed by atoms with van der Waals surface area (Å²) in [4.78, 5) is 32.6. The Morgan fingerprint density at radius 1 is 0.816 bits per heavy atom. The van der Waals surface area contributed by atoms with Crippen molar-refractivity contribution in [3.05, 3.63) is 59.7 Å². The molecule has 13 heteroatoms. The zero-order valence-electron chi connectivity index (χ0n) is 20.9. The number of amides is 2. The number of carbonyl (C=O) groups is 2. The Morgan fingerprint density at radius 3 is 2.05 bits per heavy atom. The maximum Gasteiger partial charge on any atom is 0.416 e. The van der Waals surface area contributed by atoms with Crippen molar-refractivity contribution in [2.45, 2.75) is 12.7 Å². The number of anilines is 1. The van der Waals surface area contributed by atoms with Crippen LogP contribution in [-0.2, 0) is 22.3 Å². The van der Waals surface area contributed by atoms with Crippen LogP contribution in [0.5, 0.6) is 5.75 Å². The van der Waals surface area contributed by atoms with Gasteiger partial charge in [-0.2, -0.15) is 13.2 Å². The van der Waals surface area contributed by atoms with Crippen LogP contribution in [0.4, 0.5) is 18.9 Å². The molecule has 2 aliphatic rings. The number of hydrogen-bond donors (Lipinski definition) is 0. The highest BCUT2D eigenvalue weighted by molar-refractivity contribution is 5.99. The number of imide groups is 1. The van der Waals surface area contributed by atoms with E-state index in [4.69, 9.17) is 4.74 Å². The number of benzene rings is 2. The molecule has 2 fully saturated rings. The van der Waals surface area contributed by atoms with Gasteiger partial charge in [-0.3, -0.25) is 24.3 Å². The Kier molecular flexibility index (Phi) is 13.1. The van der Waals surface area contributed by atoms with Crippen molar-refractivity contribution in [2.24, 2.45) is 0 Å². The normalized spacial score (nSPS) is 16.8. The lowest BCUT2D eigenvalue weighted by molar-refractivity contribution is -0.151. The molecule has 0 N–H and O–H groups in total. The zero-order chi connectivity index (χ0) is 25.0. The van der Waals surface area contributed by atoms with Gasteiger partial charge in [0.2, 0.25) is 11.8 Å². The van der Waals surface area contributed by atoms with Crippen molar-refractivity contribution in [3.8, 4) is 5.75 Å². The van der Waals surface area contributed by atoms with Crippen LogP contribution in [0.3, 0.4) is 0 Å². The number of carbonyl (C=O) groups excluding carboxylic acids is 2.